The van der Waals surface area contributed by atoms with Crippen molar-refractivity contribution in [1.29, 1.82) is 5.26 Å². The Morgan fingerprint density at radius 2 is 2.08 bits per heavy atom. The molecule has 1 saturated heterocycles. The molecule has 7 nitrogen and oxygen atoms in total. The summed E-state index contributed by atoms with van der Waals surface area (Å²) in [5, 5.41) is 9.81. The molecule has 1 aliphatic rings. The smallest absolute Gasteiger partial charge is 0.340 e. The zero-order valence-corrected chi connectivity index (χ0v) is 16.3. The molecule has 1 fully saturated rings. The van der Waals surface area contributed by atoms with E-state index in [1.807, 2.05) is 19.9 Å². The summed E-state index contributed by atoms with van der Waals surface area (Å²) >= 11 is 1.21. The highest BCUT2D eigenvalue weighted by atomic mass is 32.2. The Bertz CT molecular complexity index is 722. The lowest BCUT2D eigenvalue weighted by molar-refractivity contribution is -0.140. The highest BCUT2D eigenvalue weighted by Gasteiger charge is 2.26. The van der Waals surface area contributed by atoms with Gasteiger partial charge in [-0.25, -0.2) is 9.78 Å². The Hall–Kier alpha value is -2.11. The molecular formula is C18H23N3O4S. The average Bonchev–Trinajstić information content (AvgIpc) is 2.58. The Balaban J connectivity index is 2.09. The lowest BCUT2D eigenvalue weighted by Gasteiger charge is -2.35. The number of hydrogen-bond donors (Lipinski definition) is 0. The van der Waals surface area contributed by atoms with E-state index in [9.17, 15) is 14.9 Å². The van der Waals surface area contributed by atoms with E-state index in [2.05, 4.69) is 4.98 Å². The van der Waals surface area contributed by atoms with Crippen molar-refractivity contribution in [3.63, 3.8) is 0 Å². The van der Waals surface area contributed by atoms with Crippen LogP contribution in [0.4, 0.5) is 0 Å². The molecule has 26 heavy (non-hydrogen) atoms. The van der Waals surface area contributed by atoms with Crippen molar-refractivity contribution in [3.8, 4) is 6.07 Å². The quantitative estimate of drug-likeness (QED) is 0.573. The number of hydrogen-bond acceptors (Lipinski definition) is 7. The van der Waals surface area contributed by atoms with Crippen LogP contribution < -0.4 is 0 Å². The second-order valence-corrected chi connectivity index (χ2v) is 7.12. The highest BCUT2D eigenvalue weighted by Crippen LogP contribution is 2.24. The first-order valence-electron chi connectivity index (χ1n) is 8.50. The lowest BCUT2D eigenvalue weighted by atomic mass is 10.1. The van der Waals surface area contributed by atoms with Gasteiger partial charge in [-0.15, -0.1) is 0 Å². The second-order valence-electron chi connectivity index (χ2n) is 6.15. The maximum absolute atomic E-state index is 12.5. The molecule has 8 heteroatoms. The maximum atomic E-state index is 12.5. The molecule has 0 spiro atoms. The number of morpholine rings is 1. The number of pyridine rings is 1. The summed E-state index contributed by atoms with van der Waals surface area (Å²) in [4.78, 5) is 30.5. The molecule has 140 valence electrons. The van der Waals surface area contributed by atoms with Crippen LogP contribution in [0, 0.1) is 18.3 Å². The van der Waals surface area contributed by atoms with E-state index in [1.54, 1.807) is 18.7 Å². The van der Waals surface area contributed by atoms with Gasteiger partial charge in [0, 0.05) is 13.1 Å². The highest BCUT2D eigenvalue weighted by molar-refractivity contribution is 8.00. The van der Waals surface area contributed by atoms with Crippen molar-refractivity contribution in [2.24, 2.45) is 0 Å². The number of carbonyl (C=O) groups excluding carboxylic acids is 2. The summed E-state index contributed by atoms with van der Waals surface area (Å²) in [7, 11) is 0. The third kappa shape index (κ3) is 4.96. The molecule has 0 saturated carbocycles. The monoisotopic (exact) mass is 377 g/mol. The van der Waals surface area contributed by atoms with Gasteiger partial charge in [-0.1, -0.05) is 11.8 Å². The molecule has 2 rings (SSSR count). The van der Waals surface area contributed by atoms with Crippen LogP contribution in [-0.4, -0.2) is 59.4 Å². The van der Waals surface area contributed by atoms with Crippen LogP contribution in [0.2, 0.25) is 0 Å². The van der Waals surface area contributed by atoms with Crippen LogP contribution in [0.5, 0.6) is 0 Å². The molecule has 1 amide bonds. The number of nitriles is 1. The third-order valence-corrected chi connectivity index (χ3v) is 4.87. The normalized spacial score (nSPS) is 19.7. The topological polar surface area (TPSA) is 92.5 Å². The van der Waals surface area contributed by atoms with Crippen molar-refractivity contribution in [2.75, 3.05) is 25.4 Å². The van der Waals surface area contributed by atoms with Gasteiger partial charge in [-0.2, -0.15) is 5.26 Å². The van der Waals surface area contributed by atoms with Gasteiger partial charge in [0.1, 0.15) is 11.1 Å². The van der Waals surface area contributed by atoms with Gasteiger partial charge >= 0.3 is 5.97 Å². The molecule has 0 aliphatic carbocycles. The van der Waals surface area contributed by atoms with Crippen LogP contribution in [0.25, 0.3) is 0 Å². The number of thioether (sulfide) groups is 1. The Morgan fingerprint density at radius 1 is 1.42 bits per heavy atom. The van der Waals surface area contributed by atoms with Gasteiger partial charge in [-0.05, 0) is 33.8 Å². The SMILES string of the molecule is CCOC(=O)c1cc(C#N)c(SCC(=O)N2C[C@@H](C)O[C@H](C)C2)nc1C. The number of amides is 1. The summed E-state index contributed by atoms with van der Waals surface area (Å²) in [6.07, 6.45) is 0.0122. The van der Waals surface area contributed by atoms with Crippen molar-refractivity contribution in [3.05, 3.63) is 22.9 Å². The minimum atomic E-state index is -0.502. The van der Waals surface area contributed by atoms with Crippen LogP contribution in [0.15, 0.2) is 11.1 Å². The Labute approximate surface area is 157 Å². The molecule has 2 heterocycles. The fraction of sp³-hybridized carbons (Fsp3) is 0.556. The molecule has 1 aromatic rings. The summed E-state index contributed by atoms with van der Waals surface area (Å²) < 4.78 is 10.6. The van der Waals surface area contributed by atoms with Gasteiger partial charge in [-0.3, -0.25) is 4.79 Å². The van der Waals surface area contributed by atoms with Crippen molar-refractivity contribution < 1.29 is 19.1 Å². The first kappa shape index (κ1) is 20.2. The predicted octanol–water partition coefficient (Wildman–Crippen LogP) is 2.17. The fourth-order valence-corrected chi connectivity index (χ4v) is 3.70. The molecular weight excluding hydrogens is 354 g/mol. The number of esters is 1. The van der Waals surface area contributed by atoms with Crippen LogP contribution >= 0.6 is 11.8 Å². The molecule has 0 aromatic carbocycles. The summed E-state index contributed by atoms with van der Waals surface area (Å²) in [5.74, 6) is -0.341. The van der Waals surface area contributed by atoms with E-state index in [0.29, 0.717) is 23.8 Å². The summed E-state index contributed by atoms with van der Waals surface area (Å²) in [6.45, 7) is 8.65. The number of aryl methyl sites for hydroxylation is 1. The first-order valence-corrected chi connectivity index (χ1v) is 9.49. The molecule has 0 N–H and O–H groups in total. The number of nitrogens with zero attached hydrogens (tertiary/aromatic N) is 3. The minimum absolute atomic E-state index is 0.00611. The van der Waals surface area contributed by atoms with Gasteiger partial charge in [0.05, 0.1) is 41.4 Å². The standard InChI is InChI=1S/C18H23N3O4S/c1-5-24-18(23)15-6-14(7-19)17(20-13(15)4)26-10-16(22)21-8-11(2)25-12(3)9-21/h6,11-12H,5,8-10H2,1-4H3/t11-,12-/m1/s1. The first-order chi connectivity index (χ1) is 12.3. The van der Waals surface area contributed by atoms with Crippen molar-refractivity contribution in [2.45, 2.75) is 44.9 Å². The summed E-state index contributed by atoms with van der Waals surface area (Å²) in [5.41, 5.74) is 1.01. The van der Waals surface area contributed by atoms with Gasteiger partial charge < -0.3 is 14.4 Å². The minimum Gasteiger partial charge on any atom is -0.462 e. The second kappa shape index (κ2) is 9.01. The van der Waals surface area contributed by atoms with Crippen LogP contribution in [0.1, 0.15) is 42.4 Å². The third-order valence-electron chi connectivity index (χ3n) is 3.90. The van der Waals surface area contributed by atoms with Crippen molar-refractivity contribution in [1.82, 2.24) is 9.88 Å². The lowest BCUT2D eigenvalue weighted by Crippen LogP contribution is -2.48. The number of rotatable bonds is 5. The van der Waals surface area contributed by atoms with E-state index < -0.39 is 5.97 Å². The molecule has 0 unspecified atom stereocenters. The molecule has 0 bridgehead atoms. The molecule has 0 radical (unpaired) electrons. The number of ether oxygens (including phenoxy) is 2. The van der Waals surface area contributed by atoms with Crippen LogP contribution in [0.3, 0.4) is 0 Å². The van der Waals surface area contributed by atoms with E-state index in [0.717, 1.165) is 0 Å². The molecule has 1 aromatic heterocycles. The van der Waals surface area contributed by atoms with E-state index in [-0.39, 0.29) is 41.6 Å². The zero-order chi connectivity index (χ0) is 19.3. The predicted molar refractivity (Wildman–Crippen MR) is 97.0 cm³/mol. The maximum Gasteiger partial charge on any atom is 0.340 e. The van der Waals surface area contributed by atoms with E-state index >= 15 is 0 Å². The van der Waals surface area contributed by atoms with E-state index in [4.69, 9.17) is 9.47 Å². The van der Waals surface area contributed by atoms with Crippen LogP contribution in [-0.2, 0) is 14.3 Å². The van der Waals surface area contributed by atoms with Gasteiger partial charge in [0.2, 0.25) is 5.91 Å². The number of carbonyl (C=O) groups is 2. The largest absolute Gasteiger partial charge is 0.462 e. The van der Waals surface area contributed by atoms with Crippen molar-refractivity contribution >= 4 is 23.6 Å². The molecule has 1 aliphatic heterocycles. The summed E-state index contributed by atoms with van der Waals surface area (Å²) in [6, 6.07) is 3.52. The fourth-order valence-electron chi connectivity index (χ4n) is 2.79. The Morgan fingerprint density at radius 3 is 2.65 bits per heavy atom. The number of aromatic nitrogens is 1. The van der Waals surface area contributed by atoms with Gasteiger partial charge in [0.15, 0.2) is 0 Å². The van der Waals surface area contributed by atoms with Gasteiger partial charge in [0.25, 0.3) is 0 Å². The average molecular weight is 377 g/mol. The Kier molecular flexibility index (Phi) is 7.00. The molecule has 2 atom stereocenters. The zero-order valence-electron chi connectivity index (χ0n) is 15.4. The van der Waals surface area contributed by atoms with E-state index in [1.165, 1.54) is 17.8 Å².